The number of aryl methyl sites for hydroxylation is 1. The van der Waals surface area contributed by atoms with Crippen molar-refractivity contribution in [1.29, 1.82) is 0 Å². The van der Waals surface area contributed by atoms with Crippen LogP contribution in [-0.4, -0.2) is 25.5 Å². The van der Waals surface area contributed by atoms with Crippen LogP contribution in [0.15, 0.2) is 60.9 Å². The van der Waals surface area contributed by atoms with Gasteiger partial charge in [-0.1, -0.05) is 17.7 Å². The van der Waals surface area contributed by atoms with E-state index in [9.17, 15) is 9.18 Å². The van der Waals surface area contributed by atoms with Crippen LogP contribution in [0, 0.1) is 12.7 Å². The molecule has 2 aromatic carbocycles. The van der Waals surface area contributed by atoms with E-state index in [-0.39, 0.29) is 16.4 Å². The molecule has 4 rings (SSSR count). The third kappa shape index (κ3) is 3.70. The van der Waals surface area contributed by atoms with Crippen LogP contribution in [0.3, 0.4) is 0 Å². The fraction of sp³-hybridized carbons (Fsp3) is 0.0500. The van der Waals surface area contributed by atoms with Crippen molar-refractivity contribution in [1.82, 2.24) is 19.6 Å². The van der Waals surface area contributed by atoms with Crippen LogP contribution in [0.1, 0.15) is 16.2 Å². The second-order valence-electron chi connectivity index (χ2n) is 6.34. The molecule has 0 spiro atoms. The third-order valence-electron chi connectivity index (χ3n) is 4.25. The number of nitrogens with one attached hydrogen (secondary N) is 1. The van der Waals surface area contributed by atoms with Gasteiger partial charge >= 0.3 is 0 Å². The molecule has 4 aromatic rings. The lowest BCUT2D eigenvalue weighted by molar-refractivity contribution is 0.0996. The van der Waals surface area contributed by atoms with Gasteiger partial charge < -0.3 is 11.1 Å². The highest BCUT2D eigenvalue weighted by Gasteiger charge is 2.18. The maximum absolute atomic E-state index is 14.2. The first-order valence-corrected chi connectivity index (χ1v) is 9.04. The number of para-hydroxylation sites is 1. The highest BCUT2D eigenvalue weighted by Crippen LogP contribution is 2.27. The minimum atomic E-state index is -0.748. The van der Waals surface area contributed by atoms with Crippen LogP contribution >= 0.6 is 11.6 Å². The van der Waals surface area contributed by atoms with E-state index in [1.807, 2.05) is 43.5 Å². The zero-order valence-electron chi connectivity index (χ0n) is 15.3. The second kappa shape index (κ2) is 7.40. The maximum atomic E-state index is 14.2. The normalized spacial score (nSPS) is 10.9. The lowest BCUT2D eigenvalue weighted by Gasteiger charge is -2.07. The van der Waals surface area contributed by atoms with Crippen LogP contribution in [0.2, 0.25) is 5.02 Å². The first-order valence-electron chi connectivity index (χ1n) is 8.66. The molecule has 146 valence electrons. The quantitative estimate of drug-likeness (QED) is 0.520. The van der Waals surface area contributed by atoms with Crippen LogP contribution in [0.25, 0.3) is 11.4 Å². The van der Waals surface area contributed by atoms with Crippen molar-refractivity contribution in [3.8, 4) is 11.4 Å². The fourth-order valence-electron chi connectivity index (χ4n) is 2.88. The topological polar surface area (TPSA) is 90.8 Å². The van der Waals surface area contributed by atoms with Crippen molar-refractivity contribution in [2.45, 2.75) is 6.92 Å². The summed E-state index contributed by atoms with van der Waals surface area (Å²) in [4.78, 5) is 11.8. The number of nitrogens with zero attached hydrogens (tertiary/aromatic N) is 4. The lowest BCUT2D eigenvalue weighted by atomic mass is 10.2. The SMILES string of the molecule is Cc1ccn(-c2ccc(Nc3cn(-c4c(F)cccc4Cl)nc3C(N)=O)cc2)n1. The molecule has 2 heterocycles. The highest BCUT2D eigenvalue weighted by molar-refractivity contribution is 6.32. The summed E-state index contributed by atoms with van der Waals surface area (Å²) in [6, 6.07) is 13.6. The minimum absolute atomic E-state index is 0.0314. The average molecular weight is 411 g/mol. The Morgan fingerprint density at radius 2 is 1.86 bits per heavy atom. The number of carbonyl (C=O) groups is 1. The van der Waals surface area contributed by atoms with E-state index in [2.05, 4.69) is 15.5 Å². The number of anilines is 2. The minimum Gasteiger partial charge on any atom is -0.364 e. The molecule has 0 atom stereocenters. The van der Waals surface area contributed by atoms with Gasteiger partial charge in [0.15, 0.2) is 5.69 Å². The van der Waals surface area contributed by atoms with E-state index >= 15 is 0 Å². The number of primary amides is 1. The molecule has 0 aliphatic rings. The van der Waals surface area contributed by atoms with E-state index in [0.717, 1.165) is 11.4 Å². The Hall–Kier alpha value is -3.65. The number of rotatable bonds is 5. The zero-order valence-corrected chi connectivity index (χ0v) is 16.1. The molecule has 0 radical (unpaired) electrons. The van der Waals surface area contributed by atoms with E-state index in [0.29, 0.717) is 11.4 Å². The van der Waals surface area contributed by atoms with E-state index in [1.54, 1.807) is 4.68 Å². The Morgan fingerprint density at radius 3 is 2.48 bits per heavy atom. The lowest BCUT2D eigenvalue weighted by Crippen LogP contribution is -2.14. The molecule has 9 heteroatoms. The fourth-order valence-corrected chi connectivity index (χ4v) is 3.13. The van der Waals surface area contributed by atoms with Gasteiger partial charge in [-0.25, -0.2) is 13.8 Å². The third-order valence-corrected chi connectivity index (χ3v) is 4.55. The van der Waals surface area contributed by atoms with Crippen LogP contribution < -0.4 is 11.1 Å². The molecule has 0 unspecified atom stereocenters. The van der Waals surface area contributed by atoms with Crippen molar-refractivity contribution in [2.24, 2.45) is 5.73 Å². The number of carbonyl (C=O) groups excluding carboxylic acids is 1. The number of aromatic nitrogens is 4. The summed E-state index contributed by atoms with van der Waals surface area (Å²) in [5.74, 6) is -1.32. The Kier molecular flexibility index (Phi) is 4.77. The summed E-state index contributed by atoms with van der Waals surface area (Å²) in [6.07, 6.45) is 3.33. The van der Waals surface area contributed by atoms with Gasteiger partial charge in [-0.15, -0.1) is 0 Å². The summed E-state index contributed by atoms with van der Waals surface area (Å²) >= 11 is 6.10. The smallest absolute Gasteiger partial charge is 0.271 e. The predicted octanol–water partition coefficient (Wildman–Crippen LogP) is 4.00. The molecule has 3 N–H and O–H groups in total. The summed E-state index contributed by atoms with van der Waals surface area (Å²) in [5, 5.41) is 11.7. The number of hydrogen-bond donors (Lipinski definition) is 2. The molecule has 29 heavy (non-hydrogen) atoms. The predicted molar refractivity (Wildman–Crippen MR) is 109 cm³/mol. The number of nitrogens with two attached hydrogens (primary N) is 1. The van der Waals surface area contributed by atoms with Gasteiger partial charge in [0.05, 0.1) is 28.3 Å². The van der Waals surface area contributed by atoms with Gasteiger partial charge in [0.2, 0.25) is 0 Å². The van der Waals surface area contributed by atoms with Crippen molar-refractivity contribution >= 4 is 28.9 Å². The Labute approximate surface area is 170 Å². The zero-order chi connectivity index (χ0) is 20.5. The van der Waals surface area contributed by atoms with E-state index < -0.39 is 11.7 Å². The standard InChI is InChI=1S/C20H16ClFN6O/c1-12-9-10-27(25-12)14-7-5-13(6-8-14)24-17-11-28(26-18(17)20(23)29)19-15(21)3-2-4-16(19)22/h2-11,24H,1H3,(H2,23,29). The van der Waals surface area contributed by atoms with Gasteiger partial charge in [-0.05, 0) is 49.4 Å². The van der Waals surface area contributed by atoms with Crippen molar-refractivity contribution < 1.29 is 9.18 Å². The Balaban J connectivity index is 1.66. The summed E-state index contributed by atoms with van der Waals surface area (Å²) in [5.41, 5.74) is 8.27. The monoisotopic (exact) mass is 410 g/mol. The maximum Gasteiger partial charge on any atom is 0.271 e. The Morgan fingerprint density at radius 1 is 1.10 bits per heavy atom. The van der Waals surface area contributed by atoms with E-state index in [1.165, 1.54) is 29.1 Å². The van der Waals surface area contributed by atoms with Crippen LogP contribution in [0.5, 0.6) is 0 Å². The van der Waals surface area contributed by atoms with Crippen molar-refractivity contribution in [3.63, 3.8) is 0 Å². The molecular formula is C20H16ClFN6O. The number of benzene rings is 2. The molecule has 0 fully saturated rings. The molecule has 0 saturated heterocycles. The molecule has 0 aliphatic carbocycles. The number of halogens is 2. The molecule has 0 saturated carbocycles. The molecule has 0 aliphatic heterocycles. The highest BCUT2D eigenvalue weighted by atomic mass is 35.5. The largest absolute Gasteiger partial charge is 0.364 e. The van der Waals surface area contributed by atoms with Gasteiger partial charge in [0.1, 0.15) is 11.5 Å². The number of hydrogen-bond acceptors (Lipinski definition) is 4. The van der Waals surface area contributed by atoms with Crippen LogP contribution in [0.4, 0.5) is 15.8 Å². The second-order valence-corrected chi connectivity index (χ2v) is 6.75. The average Bonchev–Trinajstić information content (AvgIpc) is 3.29. The van der Waals surface area contributed by atoms with Crippen molar-refractivity contribution in [2.75, 3.05) is 5.32 Å². The summed E-state index contributed by atoms with van der Waals surface area (Å²) in [7, 11) is 0. The molecule has 0 bridgehead atoms. The van der Waals surface area contributed by atoms with Gasteiger partial charge in [-0.2, -0.15) is 10.2 Å². The van der Waals surface area contributed by atoms with Gasteiger partial charge in [0.25, 0.3) is 5.91 Å². The molecule has 1 amide bonds. The first-order chi connectivity index (χ1) is 13.9. The van der Waals surface area contributed by atoms with Gasteiger partial charge in [-0.3, -0.25) is 4.79 Å². The summed E-state index contributed by atoms with van der Waals surface area (Å²) < 4.78 is 17.2. The van der Waals surface area contributed by atoms with Crippen molar-refractivity contribution in [3.05, 3.63) is 83.2 Å². The summed E-state index contributed by atoms with van der Waals surface area (Å²) in [6.45, 7) is 1.91. The molecular weight excluding hydrogens is 395 g/mol. The first kappa shape index (κ1) is 18.7. The molecule has 2 aromatic heterocycles. The number of amides is 1. The molecule has 7 nitrogen and oxygen atoms in total. The Bertz CT molecular complexity index is 1180. The van der Waals surface area contributed by atoms with Crippen LogP contribution in [-0.2, 0) is 0 Å². The van der Waals surface area contributed by atoms with E-state index in [4.69, 9.17) is 17.3 Å². The van der Waals surface area contributed by atoms with Gasteiger partial charge in [0, 0.05) is 11.9 Å².